The summed E-state index contributed by atoms with van der Waals surface area (Å²) < 4.78 is 0. The molecule has 0 aromatic heterocycles. The number of unbranched alkanes of at least 4 members (excludes halogenated alkanes) is 90. The molecule has 2 amide bonds. The van der Waals surface area contributed by atoms with Gasteiger partial charge < -0.3 is 27.6 Å². The summed E-state index contributed by atoms with van der Waals surface area (Å²) in [7, 11) is 0. The predicted molar refractivity (Wildman–Crippen MR) is 546 cm³/mol. The van der Waals surface area contributed by atoms with Crippen molar-refractivity contribution in [1.82, 2.24) is 10.6 Å². The van der Waals surface area contributed by atoms with E-state index in [1.807, 2.05) is 0 Å². The third-order valence-corrected chi connectivity index (χ3v) is 25.1. The van der Waals surface area contributed by atoms with Gasteiger partial charge in [0.2, 0.25) is 12.2 Å². The number of nitrogens with one attached hydrogen (secondary N) is 2. The molecular weight excluding hydrogens is 1480 g/mol. The Balaban J connectivity index is -0.000000355. The number of carbonyl (C=O) groups excluding carboxylic acids is 3. The second-order valence-corrected chi connectivity index (χ2v) is 37.5. The third kappa shape index (κ3) is 147. The molecule has 728 valence electrons. The molecule has 10 nitrogen and oxygen atoms in total. The zero-order chi connectivity index (χ0) is 87.9. The Morgan fingerprint density at radius 1 is 0.182 bits per heavy atom. The number of nitrogens with two attached hydrogens (primary N) is 2. The molecule has 0 radical (unpaired) electrons. The molecule has 0 saturated heterocycles. The number of hydrogen-bond acceptors (Lipinski definition) is 7. The largest absolute Gasteiger partial charge is 0.412 e. The molecule has 0 aliphatic heterocycles. The molecule has 0 aromatic carbocycles. The summed E-state index contributed by atoms with van der Waals surface area (Å²) in [6.07, 6.45) is 137. The molecule has 0 rings (SSSR count). The summed E-state index contributed by atoms with van der Waals surface area (Å²) >= 11 is 0. The van der Waals surface area contributed by atoms with Crippen molar-refractivity contribution in [1.29, 1.82) is 0 Å². The summed E-state index contributed by atoms with van der Waals surface area (Å²) in [5, 5.41) is 6.07. The number of amides is 2. The minimum absolute atomic E-state index is 0. The summed E-state index contributed by atoms with van der Waals surface area (Å²) in [4.78, 5) is 38.8. The highest BCUT2D eigenvalue weighted by Gasteiger charge is 2.04. The molecule has 0 atom stereocenters. The van der Waals surface area contributed by atoms with E-state index in [-0.39, 0.29) is 11.5 Å². The van der Waals surface area contributed by atoms with Crippen molar-refractivity contribution in [2.24, 2.45) is 21.5 Å². The van der Waals surface area contributed by atoms with Crippen LogP contribution in [0.15, 0.2) is 9.98 Å². The van der Waals surface area contributed by atoms with Crippen molar-refractivity contribution in [3.05, 3.63) is 0 Å². The van der Waals surface area contributed by atoms with Crippen LogP contribution in [0.1, 0.15) is 658 Å². The number of nitrogens with zero attached hydrogens (tertiary/aromatic N) is 2. The van der Waals surface area contributed by atoms with E-state index in [4.69, 9.17) is 11.5 Å². The van der Waals surface area contributed by atoms with E-state index in [2.05, 4.69) is 62.2 Å². The average Bonchev–Trinajstić information content (AvgIpc) is 1.08. The second-order valence-electron chi connectivity index (χ2n) is 37.5. The lowest BCUT2D eigenvalue weighted by Gasteiger charge is -2.08. The lowest BCUT2D eigenvalue weighted by atomic mass is 10.0. The maximum absolute atomic E-state index is 11.9. The van der Waals surface area contributed by atoms with Crippen LogP contribution in [0.25, 0.3) is 0 Å². The molecule has 0 aromatic rings. The minimum atomic E-state index is 0. The summed E-state index contributed by atoms with van der Waals surface area (Å²) in [6.45, 7) is 18.5. The second kappa shape index (κ2) is 136. The van der Waals surface area contributed by atoms with E-state index < -0.39 is 0 Å². The molecule has 8 N–H and O–H groups in total. The first kappa shape index (κ1) is 130. The van der Waals surface area contributed by atoms with Gasteiger partial charge in [-0.1, -0.05) is 619 Å². The smallest absolute Gasteiger partial charge is 0.314 e. The van der Waals surface area contributed by atoms with Gasteiger partial charge in [-0.3, -0.25) is 0 Å². The Hall–Kier alpha value is -2.09. The van der Waals surface area contributed by atoms with Crippen molar-refractivity contribution < 1.29 is 19.9 Å². The third-order valence-electron chi connectivity index (χ3n) is 25.1. The maximum atomic E-state index is 11.9. The van der Waals surface area contributed by atoms with Gasteiger partial charge in [0.15, 0.2) is 0 Å². The van der Waals surface area contributed by atoms with Crippen molar-refractivity contribution in [3.8, 4) is 0 Å². The van der Waals surface area contributed by atoms with E-state index in [0.717, 1.165) is 51.9 Å². The molecule has 0 aliphatic rings. The molecule has 0 saturated carbocycles. The summed E-state index contributed by atoms with van der Waals surface area (Å²) in [5.74, 6) is 0. The summed E-state index contributed by atoms with van der Waals surface area (Å²) in [6, 6.07) is 0.0296. The van der Waals surface area contributed by atoms with Crippen molar-refractivity contribution in [3.63, 3.8) is 0 Å². The van der Waals surface area contributed by atoms with Crippen LogP contribution in [0.3, 0.4) is 0 Å². The monoisotopic (exact) mass is 1710 g/mol. The Morgan fingerprint density at radius 2 is 0.289 bits per heavy atom. The molecule has 0 bridgehead atoms. The van der Waals surface area contributed by atoms with Gasteiger partial charge in [-0.15, -0.1) is 0 Å². The lowest BCUT2D eigenvalue weighted by Crippen LogP contribution is -2.36. The molecule has 0 unspecified atom stereocenters. The van der Waals surface area contributed by atoms with Crippen LogP contribution in [0.4, 0.5) is 4.79 Å². The van der Waals surface area contributed by atoms with Gasteiger partial charge >= 0.3 is 6.03 Å². The molecule has 0 heterocycles. The normalized spacial score (nSPS) is 10.8. The molecule has 10 heteroatoms. The van der Waals surface area contributed by atoms with Crippen LogP contribution >= 0.6 is 0 Å². The van der Waals surface area contributed by atoms with Gasteiger partial charge in [-0.2, -0.15) is 0 Å². The van der Waals surface area contributed by atoms with Crippen LogP contribution < -0.4 is 22.1 Å². The van der Waals surface area contributed by atoms with Crippen molar-refractivity contribution in [2.75, 3.05) is 39.3 Å². The molecule has 0 aliphatic carbocycles. The lowest BCUT2D eigenvalue weighted by molar-refractivity contribution is 0.240. The van der Waals surface area contributed by atoms with E-state index in [0.29, 0.717) is 13.1 Å². The van der Waals surface area contributed by atoms with Crippen molar-refractivity contribution >= 4 is 18.2 Å². The van der Waals surface area contributed by atoms with Crippen molar-refractivity contribution in [2.45, 2.75) is 658 Å². The number of rotatable bonds is 100. The molecule has 0 spiro atoms. The molecule has 121 heavy (non-hydrogen) atoms. The van der Waals surface area contributed by atoms with E-state index >= 15 is 0 Å². The fraction of sp³-hybridized carbons (Fsp3) is 0.973. The van der Waals surface area contributed by atoms with E-state index in [1.165, 1.54) is 591 Å². The van der Waals surface area contributed by atoms with Gasteiger partial charge in [0, 0.05) is 13.1 Å². The SMILES string of the molecule is CCCCCCCCCCCCCCCCCCN.CCCCCCCCCCCCCCCCCCN.CCCCCCCCCCCCCCCCCCN=C=O.CCCCCCCCCCCCCCCCCCN=C=O.CCCCCCCCCCCCCCCCCCNC(=O)NCCCCCCCCCCCCCCCCCC.O. The molecular formula is C111H230N6O4. The number of hydrogen-bond donors (Lipinski definition) is 4. The Labute approximate surface area is 762 Å². The Morgan fingerprint density at radius 3 is 0.405 bits per heavy atom. The zero-order valence-corrected chi connectivity index (χ0v) is 84.4. The zero-order valence-electron chi connectivity index (χ0n) is 84.4. The fourth-order valence-corrected chi connectivity index (χ4v) is 16.8. The fourth-order valence-electron chi connectivity index (χ4n) is 16.8. The number of isocyanates is 2. The van der Waals surface area contributed by atoms with Crippen LogP contribution in [-0.2, 0) is 9.59 Å². The average molecular weight is 1710 g/mol. The van der Waals surface area contributed by atoms with Crippen LogP contribution in [0.2, 0.25) is 0 Å². The Bertz CT molecular complexity index is 1640. The van der Waals surface area contributed by atoms with Gasteiger partial charge in [0.25, 0.3) is 0 Å². The first-order valence-electron chi connectivity index (χ1n) is 56.0. The number of aliphatic imine (C=N–C) groups is 2. The molecule has 0 fully saturated rings. The maximum Gasteiger partial charge on any atom is 0.314 e. The quantitative estimate of drug-likeness (QED) is 0.0268. The predicted octanol–water partition coefficient (Wildman–Crippen LogP) is 37.6. The van der Waals surface area contributed by atoms with Crippen LogP contribution in [0, 0.1) is 0 Å². The van der Waals surface area contributed by atoms with Gasteiger partial charge in [-0.25, -0.2) is 24.4 Å². The van der Waals surface area contributed by atoms with Gasteiger partial charge in [0.1, 0.15) is 0 Å². The summed E-state index contributed by atoms with van der Waals surface area (Å²) in [5.41, 5.74) is 11.0. The Kier molecular flexibility index (Phi) is 146. The number of urea groups is 1. The van der Waals surface area contributed by atoms with Gasteiger partial charge in [0.05, 0.1) is 13.1 Å². The standard InChI is InChI=1S/C37H76N2O.2C19H37NO.2C18H39N.H2O/c1-3-5-7-9-11-13-15-17-19-21-23-25-27-29-31-33-35-38-37(40)39-36-34-32-30-28-26-24-22-20-18-16-14-12-10-8-6-4-2;2*1-2-3-4-5-6-7-8-9-10-11-12-13-14-15-16-17-18-20-19-21;2*1-2-3-4-5-6-7-8-9-10-11-12-13-14-15-16-17-18-19;/h3-36H2,1-2H3,(H2,38,39,40);2*2-18H2,1H3;2*2-19H2,1H3;1H2. The van der Waals surface area contributed by atoms with Crippen LogP contribution in [-0.4, -0.2) is 62.9 Å². The van der Waals surface area contributed by atoms with E-state index in [1.54, 1.807) is 12.2 Å². The van der Waals surface area contributed by atoms with E-state index in [9.17, 15) is 14.4 Å². The topological polar surface area (TPSA) is 184 Å². The highest BCUT2D eigenvalue weighted by atomic mass is 16.2. The first-order valence-corrected chi connectivity index (χ1v) is 56.0. The highest BCUT2D eigenvalue weighted by Crippen LogP contribution is 2.21. The van der Waals surface area contributed by atoms with Gasteiger partial charge in [-0.05, 0) is 51.6 Å². The highest BCUT2D eigenvalue weighted by molar-refractivity contribution is 5.73. The first-order chi connectivity index (χ1) is 59.5. The number of carbonyl (C=O) groups is 1. The van der Waals surface area contributed by atoms with Crippen LogP contribution in [0.5, 0.6) is 0 Å². The minimum Gasteiger partial charge on any atom is -0.412 e.